The van der Waals surface area contributed by atoms with Gasteiger partial charge in [-0.05, 0) is 6.42 Å². The number of ether oxygens (including phenoxy) is 4. The van der Waals surface area contributed by atoms with Crippen LogP contribution < -0.4 is 19.9 Å². The SMILES string of the molecule is COc1cc(OC)c(C2OCCC2N)c(OC)c1. The number of hydrogen-bond donors (Lipinski definition) is 1. The Bertz CT molecular complexity index is 396. The van der Waals surface area contributed by atoms with E-state index in [0.717, 1.165) is 12.0 Å². The van der Waals surface area contributed by atoms with Crippen molar-refractivity contribution in [1.82, 2.24) is 0 Å². The molecule has 100 valence electrons. The summed E-state index contributed by atoms with van der Waals surface area (Å²) in [5, 5.41) is 0. The molecule has 0 bridgehead atoms. The average molecular weight is 253 g/mol. The molecule has 1 aromatic rings. The quantitative estimate of drug-likeness (QED) is 0.881. The molecule has 2 unspecified atom stereocenters. The molecule has 1 heterocycles. The number of hydrogen-bond acceptors (Lipinski definition) is 5. The normalized spacial score (nSPS) is 22.9. The first-order chi connectivity index (χ1) is 8.71. The van der Waals surface area contributed by atoms with Crippen LogP contribution in [0.25, 0.3) is 0 Å². The molecule has 5 heteroatoms. The second-order valence-electron chi connectivity index (χ2n) is 4.19. The monoisotopic (exact) mass is 253 g/mol. The van der Waals surface area contributed by atoms with Gasteiger partial charge in [-0.25, -0.2) is 0 Å². The lowest BCUT2D eigenvalue weighted by Crippen LogP contribution is -2.24. The van der Waals surface area contributed by atoms with Gasteiger partial charge in [-0.2, -0.15) is 0 Å². The van der Waals surface area contributed by atoms with E-state index in [1.807, 2.05) is 12.1 Å². The molecular formula is C13H19NO4. The molecule has 0 aliphatic carbocycles. The van der Waals surface area contributed by atoms with Crippen molar-refractivity contribution in [3.05, 3.63) is 17.7 Å². The molecule has 0 saturated carbocycles. The molecule has 1 aliphatic rings. The Morgan fingerprint density at radius 1 is 1.11 bits per heavy atom. The van der Waals surface area contributed by atoms with Gasteiger partial charge in [0.1, 0.15) is 23.4 Å². The minimum absolute atomic E-state index is 0.0406. The van der Waals surface area contributed by atoms with E-state index in [1.165, 1.54) is 0 Å². The minimum Gasteiger partial charge on any atom is -0.496 e. The van der Waals surface area contributed by atoms with Crippen molar-refractivity contribution in [2.75, 3.05) is 27.9 Å². The Hall–Kier alpha value is -1.46. The van der Waals surface area contributed by atoms with Gasteiger partial charge < -0.3 is 24.7 Å². The Morgan fingerprint density at radius 3 is 2.11 bits per heavy atom. The predicted molar refractivity (Wildman–Crippen MR) is 67.4 cm³/mol. The molecule has 2 rings (SSSR count). The number of nitrogens with two attached hydrogens (primary N) is 1. The second kappa shape index (κ2) is 5.46. The van der Waals surface area contributed by atoms with E-state index in [2.05, 4.69) is 0 Å². The third kappa shape index (κ3) is 2.23. The summed E-state index contributed by atoms with van der Waals surface area (Å²) in [4.78, 5) is 0. The van der Waals surface area contributed by atoms with Gasteiger partial charge in [0.15, 0.2) is 0 Å². The maximum Gasteiger partial charge on any atom is 0.132 e. The fourth-order valence-electron chi connectivity index (χ4n) is 2.22. The van der Waals surface area contributed by atoms with E-state index in [0.29, 0.717) is 23.9 Å². The van der Waals surface area contributed by atoms with Crippen molar-refractivity contribution < 1.29 is 18.9 Å². The van der Waals surface area contributed by atoms with Crippen LogP contribution >= 0.6 is 0 Å². The maximum atomic E-state index is 6.06. The van der Waals surface area contributed by atoms with Crippen LogP contribution in [0.2, 0.25) is 0 Å². The first kappa shape index (κ1) is 13.0. The fraction of sp³-hybridized carbons (Fsp3) is 0.538. The lowest BCUT2D eigenvalue weighted by Gasteiger charge is -2.21. The molecular weight excluding hydrogens is 234 g/mol. The summed E-state index contributed by atoms with van der Waals surface area (Å²) in [6, 6.07) is 3.58. The van der Waals surface area contributed by atoms with Crippen molar-refractivity contribution in [2.45, 2.75) is 18.6 Å². The third-order valence-corrected chi connectivity index (χ3v) is 3.18. The molecule has 2 atom stereocenters. The van der Waals surface area contributed by atoms with E-state index < -0.39 is 0 Å². The zero-order chi connectivity index (χ0) is 13.1. The predicted octanol–water partition coefficient (Wildman–Crippen LogP) is 1.50. The zero-order valence-corrected chi connectivity index (χ0v) is 10.9. The number of rotatable bonds is 4. The van der Waals surface area contributed by atoms with E-state index in [-0.39, 0.29) is 12.1 Å². The van der Waals surface area contributed by atoms with Gasteiger partial charge in [0.2, 0.25) is 0 Å². The van der Waals surface area contributed by atoms with Gasteiger partial charge in [-0.1, -0.05) is 0 Å². The highest BCUT2D eigenvalue weighted by atomic mass is 16.5. The summed E-state index contributed by atoms with van der Waals surface area (Å²) < 4.78 is 21.7. The number of methoxy groups -OCH3 is 3. The lowest BCUT2D eigenvalue weighted by molar-refractivity contribution is 0.1000. The van der Waals surface area contributed by atoms with Crippen molar-refractivity contribution in [1.29, 1.82) is 0 Å². The molecule has 0 aromatic heterocycles. The van der Waals surface area contributed by atoms with Crippen LogP contribution in [0.4, 0.5) is 0 Å². The molecule has 18 heavy (non-hydrogen) atoms. The van der Waals surface area contributed by atoms with Crippen LogP contribution in [0.3, 0.4) is 0 Å². The average Bonchev–Trinajstić information content (AvgIpc) is 2.82. The molecule has 0 radical (unpaired) electrons. The van der Waals surface area contributed by atoms with Gasteiger partial charge in [0.25, 0.3) is 0 Å². The molecule has 5 nitrogen and oxygen atoms in total. The Labute approximate surface area is 107 Å². The zero-order valence-electron chi connectivity index (χ0n) is 10.9. The topological polar surface area (TPSA) is 62.9 Å². The lowest BCUT2D eigenvalue weighted by atomic mass is 10.0. The highest BCUT2D eigenvalue weighted by Crippen LogP contribution is 2.42. The van der Waals surface area contributed by atoms with Gasteiger partial charge in [-0.3, -0.25) is 0 Å². The van der Waals surface area contributed by atoms with Crippen LogP contribution in [-0.4, -0.2) is 34.0 Å². The van der Waals surface area contributed by atoms with Crippen molar-refractivity contribution in [3.63, 3.8) is 0 Å². The van der Waals surface area contributed by atoms with E-state index in [9.17, 15) is 0 Å². The van der Waals surface area contributed by atoms with Crippen LogP contribution in [-0.2, 0) is 4.74 Å². The molecule has 0 amide bonds. The highest BCUT2D eigenvalue weighted by molar-refractivity contribution is 5.52. The molecule has 1 aliphatic heterocycles. The van der Waals surface area contributed by atoms with Gasteiger partial charge in [0, 0.05) is 24.8 Å². The molecule has 0 spiro atoms. The first-order valence-electron chi connectivity index (χ1n) is 5.88. The summed E-state index contributed by atoms with van der Waals surface area (Å²) >= 11 is 0. The Morgan fingerprint density at radius 2 is 1.72 bits per heavy atom. The van der Waals surface area contributed by atoms with Gasteiger partial charge in [-0.15, -0.1) is 0 Å². The summed E-state index contributed by atoms with van der Waals surface area (Å²) in [6.45, 7) is 0.657. The van der Waals surface area contributed by atoms with Gasteiger partial charge in [0.05, 0.1) is 26.9 Å². The third-order valence-electron chi connectivity index (χ3n) is 3.18. The van der Waals surface area contributed by atoms with Crippen molar-refractivity contribution >= 4 is 0 Å². The Balaban J connectivity index is 2.49. The summed E-state index contributed by atoms with van der Waals surface area (Å²) in [6.07, 6.45) is 0.643. The standard InChI is InChI=1S/C13H19NO4/c1-15-8-6-10(16-2)12(11(7-8)17-3)13-9(14)4-5-18-13/h6-7,9,13H,4-5,14H2,1-3H3. The second-order valence-corrected chi connectivity index (χ2v) is 4.19. The summed E-state index contributed by atoms with van der Waals surface area (Å²) in [5.41, 5.74) is 6.91. The van der Waals surface area contributed by atoms with Crippen LogP contribution in [0, 0.1) is 0 Å². The molecule has 1 saturated heterocycles. The largest absolute Gasteiger partial charge is 0.496 e. The fourth-order valence-corrected chi connectivity index (χ4v) is 2.22. The van der Waals surface area contributed by atoms with Crippen molar-refractivity contribution in [3.8, 4) is 17.2 Å². The summed E-state index contributed by atoms with van der Waals surface area (Å²) in [7, 11) is 4.82. The maximum absolute atomic E-state index is 6.06. The smallest absolute Gasteiger partial charge is 0.132 e. The minimum atomic E-state index is -0.194. The van der Waals surface area contributed by atoms with E-state index >= 15 is 0 Å². The van der Waals surface area contributed by atoms with Gasteiger partial charge >= 0.3 is 0 Å². The van der Waals surface area contributed by atoms with Crippen LogP contribution in [0.15, 0.2) is 12.1 Å². The molecule has 1 aromatic carbocycles. The molecule has 1 fully saturated rings. The first-order valence-corrected chi connectivity index (χ1v) is 5.88. The Kier molecular flexibility index (Phi) is 3.93. The van der Waals surface area contributed by atoms with E-state index in [4.69, 9.17) is 24.7 Å². The summed E-state index contributed by atoms with van der Waals surface area (Å²) in [5.74, 6) is 2.03. The number of benzene rings is 1. The molecule has 2 N–H and O–H groups in total. The highest BCUT2D eigenvalue weighted by Gasteiger charge is 2.32. The van der Waals surface area contributed by atoms with E-state index in [1.54, 1.807) is 21.3 Å². The van der Waals surface area contributed by atoms with Crippen molar-refractivity contribution in [2.24, 2.45) is 5.73 Å². The van der Waals surface area contributed by atoms with Crippen LogP contribution in [0.1, 0.15) is 18.1 Å². The van der Waals surface area contributed by atoms with Crippen LogP contribution in [0.5, 0.6) is 17.2 Å².